The Balaban J connectivity index is 1.27. The van der Waals surface area contributed by atoms with E-state index in [-0.39, 0.29) is 11.8 Å². The Morgan fingerprint density at radius 3 is 2.23 bits per heavy atom. The zero-order chi connectivity index (χ0) is 24.8. The van der Waals surface area contributed by atoms with Crippen LogP contribution in [0.15, 0.2) is 67.0 Å². The molecule has 2 amide bonds. The van der Waals surface area contributed by atoms with Crippen molar-refractivity contribution in [2.75, 3.05) is 36.4 Å². The van der Waals surface area contributed by atoms with Gasteiger partial charge in [-0.3, -0.25) is 9.59 Å². The Bertz CT molecular complexity index is 1150. The first kappa shape index (κ1) is 24.5. The number of hydrogen-bond donors (Lipinski definition) is 1. The number of benzene rings is 2. The fourth-order valence-corrected chi connectivity index (χ4v) is 3.85. The molecule has 4 rings (SSSR count). The number of rotatable bonds is 7. The van der Waals surface area contributed by atoms with Crippen LogP contribution in [0.4, 0.5) is 11.6 Å². The van der Waals surface area contributed by atoms with E-state index in [4.69, 9.17) is 16.3 Å². The van der Waals surface area contributed by atoms with Crippen LogP contribution >= 0.6 is 11.6 Å². The van der Waals surface area contributed by atoms with Gasteiger partial charge in [0.25, 0.3) is 5.91 Å². The molecular formula is C26H28ClN5O3. The van der Waals surface area contributed by atoms with Gasteiger partial charge < -0.3 is 19.9 Å². The number of aromatic nitrogens is 2. The van der Waals surface area contributed by atoms with Crippen molar-refractivity contribution >= 4 is 35.1 Å². The summed E-state index contributed by atoms with van der Waals surface area (Å²) in [6, 6.07) is 16.0. The van der Waals surface area contributed by atoms with Crippen LogP contribution in [0.2, 0.25) is 5.02 Å². The second-order valence-corrected chi connectivity index (χ2v) is 9.25. The highest BCUT2D eigenvalue weighted by Gasteiger charge is 2.30. The number of amides is 2. The van der Waals surface area contributed by atoms with E-state index in [0.29, 0.717) is 55.0 Å². The van der Waals surface area contributed by atoms with Crippen LogP contribution in [0, 0.1) is 0 Å². The molecule has 0 bridgehead atoms. The number of piperazine rings is 1. The normalized spacial score (nSPS) is 13.9. The molecule has 2 aromatic carbocycles. The summed E-state index contributed by atoms with van der Waals surface area (Å²) in [5, 5.41) is 3.47. The summed E-state index contributed by atoms with van der Waals surface area (Å²) in [5.74, 6) is 1.05. The molecule has 9 heteroatoms. The van der Waals surface area contributed by atoms with Crippen molar-refractivity contribution in [3.63, 3.8) is 0 Å². The molecule has 0 saturated carbocycles. The van der Waals surface area contributed by atoms with E-state index in [1.165, 1.54) is 0 Å². The lowest BCUT2D eigenvalue weighted by atomic mass is 10.1. The minimum Gasteiger partial charge on any atom is -0.478 e. The third-order valence-electron chi connectivity index (χ3n) is 5.77. The van der Waals surface area contributed by atoms with Gasteiger partial charge in [0.1, 0.15) is 5.75 Å². The molecule has 0 unspecified atom stereocenters. The summed E-state index contributed by atoms with van der Waals surface area (Å²) in [6.07, 6.45) is 3.75. The number of carbonyl (C=O) groups is 2. The molecule has 1 aliphatic heterocycles. The van der Waals surface area contributed by atoms with E-state index in [1.54, 1.807) is 68.7 Å². The first-order valence-electron chi connectivity index (χ1n) is 11.4. The molecule has 0 atom stereocenters. The van der Waals surface area contributed by atoms with Gasteiger partial charge in [-0.05, 0) is 61.9 Å². The summed E-state index contributed by atoms with van der Waals surface area (Å²) < 4.78 is 5.84. The van der Waals surface area contributed by atoms with Crippen LogP contribution in [-0.4, -0.2) is 58.5 Å². The van der Waals surface area contributed by atoms with Crippen LogP contribution in [0.1, 0.15) is 19.4 Å². The first-order chi connectivity index (χ1) is 16.8. The number of nitrogens with zero attached hydrogens (tertiary/aromatic N) is 4. The van der Waals surface area contributed by atoms with E-state index in [1.807, 2.05) is 17.0 Å². The number of nitrogens with one attached hydrogen (secondary N) is 1. The number of halogens is 1. The predicted molar refractivity (Wildman–Crippen MR) is 136 cm³/mol. The Labute approximate surface area is 209 Å². The van der Waals surface area contributed by atoms with E-state index >= 15 is 0 Å². The van der Waals surface area contributed by atoms with Crippen LogP contribution in [0.25, 0.3) is 0 Å². The van der Waals surface area contributed by atoms with Gasteiger partial charge >= 0.3 is 0 Å². The van der Waals surface area contributed by atoms with E-state index < -0.39 is 5.60 Å². The average molecular weight is 494 g/mol. The zero-order valence-electron chi connectivity index (χ0n) is 19.8. The van der Waals surface area contributed by atoms with Gasteiger partial charge in [0.15, 0.2) is 5.60 Å². The number of hydrogen-bond acceptors (Lipinski definition) is 6. The largest absolute Gasteiger partial charge is 0.478 e. The first-order valence-corrected chi connectivity index (χ1v) is 11.8. The molecule has 1 saturated heterocycles. The van der Waals surface area contributed by atoms with Crippen molar-refractivity contribution in [2.45, 2.75) is 25.9 Å². The maximum atomic E-state index is 12.8. The molecule has 0 radical (unpaired) electrons. The van der Waals surface area contributed by atoms with Gasteiger partial charge in [-0.25, -0.2) is 9.97 Å². The highest BCUT2D eigenvalue weighted by atomic mass is 35.5. The second-order valence-electron chi connectivity index (χ2n) is 8.81. The van der Waals surface area contributed by atoms with E-state index in [9.17, 15) is 9.59 Å². The van der Waals surface area contributed by atoms with Crippen LogP contribution in [-0.2, 0) is 16.0 Å². The summed E-state index contributed by atoms with van der Waals surface area (Å²) in [7, 11) is 0. The van der Waals surface area contributed by atoms with Crippen LogP contribution < -0.4 is 15.0 Å². The molecule has 1 aromatic heterocycles. The highest BCUT2D eigenvalue weighted by molar-refractivity contribution is 6.30. The van der Waals surface area contributed by atoms with Gasteiger partial charge in [-0.2, -0.15) is 0 Å². The highest BCUT2D eigenvalue weighted by Crippen LogP contribution is 2.22. The Kier molecular flexibility index (Phi) is 7.51. The van der Waals surface area contributed by atoms with Crippen LogP contribution in [0.5, 0.6) is 5.75 Å². The van der Waals surface area contributed by atoms with Crippen molar-refractivity contribution in [2.24, 2.45) is 0 Å². The maximum absolute atomic E-state index is 12.8. The molecule has 0 spiro atoms. The Morgan fingerprint density at radius 2 is 1.60 bits per heavy atom. The molecule has 8 nitrogen and oxygen atoms in total. The molecule has 1 fully saturated rings. The van der Waals surface area contributed by atoms with Crippen molar-refractivity contribution in [3.05, 3.63) is 77.6 Å². The molecule has 35 heavy (non-hydrogen) atoms. The lowest BCUT2D eigenvalue weighted by Crippen LogP contribution is -2.49. The minimum atomic E-state index is -1.09. The predicted octanol–water partition coefficient (Wildman–Crippen LogP) is 3.82. The fraction of sp³-hybridized carbons (Fsp3) is 0.308. The average Bonchev–Trinajstić information content (AvgIpc) is 2.87. The lowest BCUT2D eigenvalue weighted by Gasteiger charge is -2.34. The molecule has 0 aliphatic carbocycles. The van der Waals surface area contributed by atoms with E-state index in [0.717, 1.165) is 5.56 Å². The summed E-state index contributed by atoms with van der Waals surface area (Å²) in [6.45, 7) is 6.08. The molecular weight excluding hydrogens is 466 g/mol. The third-order valence-corrected chi connectivity index (χ3v) is 6.02. The van der Waals surface area contributed by atoms with Crippen molar-refractivity contribution in [1.82, 2.24) is 14.9 Å². The number of ether oxygens (including phenoxy) is 1. The summed E-state index contributed by atoms with van der Waals surface area (Å²) in [5.41, 5.74) is 0.434. The van der Waals surface area contributed by atoms with Gasteiger partial charge in [-0.1, -0.05) is 23.7 Å². The minimum absolute atomic E-state index is 0.0768. The summed E-state index contributed by atoms with van der Waals surface area (Å²) in [4.78, 5) is 38.1. The lowest BCUT2D eigenvalue weighted by molar-refractivity contribution is -0.131. The Morgan fingerprint density at radius 1 is 0.971 bits per heavy atom. The molecule has 3 aromatic rings. The molecule has 1 aliphatic rings. The number of carbonyl (C=O) groups excluding carboxylic acids is 2. The fourth-order valence-electron chi connectivity index (χ4n) is 3.73. The molecule has 2 heterocycles. The zero-order valence-corrected chi connectivity index (χ0v) is 20.5. The Hall–Kier alpha value is -3.65. The SMILES string of the molecule is CC(C)(Oc1ccc(Cl)cc1)C(=O)Nc1ccc(CC(=O)N2CCN(c3ncccn3)CC2)cc1. The van der Waals surface area contributed by atoms with Crippen LogP contribution in [0.3, 0.4) is 0 Å². The monoisotopic (exact) mass is 493 g/mol. The maximum Gasteiger partial charge on any atom is 0.267 e. The van der Waals surface area contributed by atoms with E-state index in [2.05, 4.69) is 20.2 Å². The molecule has 1 N–H and O–H groups in total. The van der Waals surface area contributed by atoms with Crippen molar-refractivity contribution in [3.8, 4) is 5.75 Å². The third kappa shape index (κ3) is 6.48. The second kappa shape index (κ2) is 10.7. The van der Waals surface area contributed by atoms with Gasteiger partial charge in [0.05, 0.1) is 6.42 Å². The smallest absolute Gasteiger partial charge is 0.267 e. The van der Waals surface area contributed by atoms with Gasteiger partial charge in [0, 0.05) is 49.3 Å². The standard InChI is InChI=1S/C26H28ClN5O3/c1-26(2,35-22-10-6-20(27)7-11-22)24(34)30-21-8-4-19(5-9-21)18-23(33)31-14-16-32(17-15-31)25-28-12-3-13-29-25/h3-13H,14-18H2,1-2H3,(H,30,34). The summed E-state index contributed by atoms with van der Waals surface area (Å²) >= 11 is 5.90. The van der Waals surface area contributed by atoms with Gasteiger partial charge in [0.2, 0.25) is 11.9 Å². The molecule has 182 valence electrons. The van der Waals surface area contributed by atoms with Gasteiger partial charge in [-0.15, -0.1) is 0 Å². The van der Waals surface area contributed by atoms with Crippen molar-refractivity contribution in [1.29, 1.82) is 0 Å². The quantitative estimate of drug-likeness (QED) is 0.538. The number of anilines is 2. The van der Waals surface area contributed by atoms with Crippen molar-refractivity contribution < 1.29 is 14.3 Å². The topological polar surface area (TPSA) is 87.7 Å².